The first-order valence-electron chi connectivity index (χ1n) is 9.41. The van der Waals surface area contributed by atoms with Crippen molar-refractivity contribution < 1.29 is 4.79 Å². The standard InChI is InChI=1S/C18H21N9O2S/c1-8(10-7-21-16-14(10)17(29)23-18(20)22-16)11-3-4-12(30-11)15(28)9(6-19)2-5-13-24-26-27-25-13/h3-4,7-9H,2,5-6,19H2,1H3,(H,24,25,26,27)(H4,20,21,22,23,29). The van der Waals surface area contributed by atoms with Gasteiger partial charge in [-0.1, -0.05) is 12.1 Å². The van der Waals surface area contributed by atoms with E-state index in [-0.39, 0.29) is 35.7 Å². The van der Waals surface area contributed by atoms with Gasteiger partial charge in [-0.05, 0) is 24.1 Å². The van der Waals surface area contributed by atoms with Gasteiger partial charge < -0.3 is 16.5 Å². The van der Waals surface area contributed by atoms with E-state index >= 15 is 0 Å². The van der Waals surface area contributed by atoms with Crippen LogP contribution in [0.5, 0.6) is 0 Å². The molecule has 0 aromatic carbocycles. The molecule has 4 heterocycles. The molecular formula is C18H21N9O2S. The van der Waals surface area contributed by atoms with E-state index in [0.717, 1.165) is 10.4 Å². The summed E-state index contributed by atoms with van der Waals surface area (Å²) < 4.78 is 0. The number of aromatic amines is 3. The number of aryl methyl sites for hydroxylation is 1. The molecule has 2 atom stereocenters. The van der Waals surface area contributed by atoms with Gasteiger partial charge in [0.05, 0.1) is 10.3 Å². The van der Waals surface area contributed by atoms with Crippen molar-refractivity contribution >= 4 is 34.1 Å². The minimum atomic E-state index is -0.326. The van der Waals surface area contributed by atoms with Gasteiger partial charge in [0, 0.05) is 35.9 Å². The van der Waals surface area contributed by atoms with Gasteiger partial charge in [-0.3, -0.25) is 14.6 Å². The van der Waals surface area contributed by atoms with Crippen LogP contribution in [0.1, 0.15) is 45.2 Å². The fourth-order valence-electron chi connectivity index (χ4n) is 3.44. The van der Waals surface area contributed by atoms with Crippen molar-refractivity contribution in [1.82, 2.24) is 35.6 Å². The van der Waals surface area contributed by atoms with Crippen LogP contribution in [0.15, 0.2) is 23.1 Å². The number of carbonyl (C=O) groups is 1. The number of hydrogen-bond donors (Lipinski definition) is 5. The van der Waals surface area contributed by atoms with Gasteiger partial charge in [0.2, 0.25) is 5.95 Å². The summed E-state index contributed by atoms with van der Waals surface area (Å²) in [4.78, 5) is 36.5. The Hall–Kier alpha value is -3.38. The fourth-order valence-corrected chi connectivity index (χ4v) is 4.54. The number of thiophene rings is 1. The molecule has 0 aliphatic carbocycles. The quantitative estimate of drug-likeness (QED) is 0.257. The Morgan fingerprint density at radius 3 is 2.90 bits per heavy atom. The molecule has 7 N–H and O–H groups in total. The third-order valence-electron chi connectivity index (χ3n) is 5.11. The molecule has 4 aromatic heterocycles. The molecule has 4 rings (SSSR count). The number of nitrogens with one attached hydrogen (secondary N) is 3. The molecule has 0 bridgehead atoms. The lowest BCUT2D eigenvalue weighted by molar-refractivity contribution is 0.0922. The van der Waals surface area contributed by atoms with Gasteiger partial charge in [0.1, 0.15) is 5.65 Å². The zero-order chi connectivity index (χ0) is 21.3. The van der Waals surface area contributed by atoms with E-state index in [9.17, 15) is 9.59 Å². The summed E-state index contributed by atoms with van der Waals surface area (Å²) in [6.07, 6.45) is 2.82. The SMILES string of the molecule is CC(c1ccc(C(=O)C(CN)CCc2nn[nH]n2)s1)c1c[nH]c2nc(N)[nH]c(=O)c12. The predicted molar refractivity (Wildman–Crippen MR) is 112 cm³/mol. The molecule has 12 heteroatoms. The third kappa shape index (κ3) is 3.74. The van der Waals surface area contributed by atoms with Crippen LogP contribution in [0.25, 0.3) is 11.0 Å². The van der Waals surface area contributed by atoms with Gasteiger partial charge in [-0.25, -0.2) is 0 Å². The minimum absolute atomic E-state index is 0.00402. The molecule has 0 radical (unpaired) electrons. The van der Waals surface area contributed by atoms with Crippen LogP contribution < -0.4 is 17.0 Å². The van der Waals surface area contributed by atoms with Crippen molar-refractivity contribution in [3.63, 3.8) is 0 Å². The number of hydrogen-bond acceptors (Lipinski definition) is 9. The van der Waals surface area contributed by atoms with Crippen molar-refractivity contribution in [3.05, 3.63) is 49.8 Å². The van der Waals surface area contributed by atoms with Crippen LogP contribution in [0, 0.1) is 5.92 Å². The molecule has 11 nitrogen and oxygen atoms in total. The number of carbonyl (C=O) groups excluding carboxylic acids is 1. The van der Waals surface area contributed by atoms with Crippen LogP contribution in [-0.2, 0) is 6.42 Å². The van der Waals surface area contributed by atoms with E-state index in [1.165, 1.54) is 11.3 Å². The van der Waals surface area contributed by atoms with Gasteiger partial charge in [0.25, 0.3) is 5.56 Å². The Balaban J connectivity index is 1.54. The molecule has 0 spiro atoms. The third-order valence-corrected chi connectivity index (χ3v) is 6.40. The highest BCUT2D eigenvalue weighted by Crippen LogP contribution is 2.33. The number of fused-ring (bicyclic) bond motifs is 1. The van der Waals surface area contributed by atoms with Crippen molar-refractivity contribution in [2.24, 2.45) is 11.7 Å². The Morgan fingerprint density at radius 2 is 2.17 bits per heavy atom. The molecule has 0 aliphatic heterocycles. The molecule has 4 aromatic rings. The molecule has 0 fully saturated rings. The number of rotatable bonds is 8. The van der Waals surface area contributed by atoms with Crippen LogP contribution in [-0.4, -0.2) is 47.9 Å². The second-order valence-corrected chi connectivity index (χ2v) is 8.12. The zero-order valence-electron chi connectivity index (χ0n) is 16.2. The normalized spacial score (nSPS) is 13.5. The molecule has 0 amide bonds. The lowest BCUT2D eigenvalue weighted by atomic mass is 9.97. The van der Waals surface area contributed by atoms with Gasteiger partial charge in [0.15, 0.2) is 11.6 Å². The van der Waals surface area contributed by atoms with Crippen molar-refractivity contribution in [3.8, 4) is 0 Å². The molecular weight excluding hydrogens is 406 g/mol. The number of anilines is 1. The highest BCUT2D eigenvalue weighted by atomic mass is 32.1. The lowest BCUT2D eigenvalue weighted by Crippen LogP contribution is -2.24. The second kappa shape index (κ2) is 8.16. The van der Waals surface area contributed by atoms with Crippen LogP contribution in [0.4, 0.5) is 5.95 Å². The fraction of sp³-hybridized carbons (Fsp3) is 0.333. The minimum Gasteiger partial charge on any atom is -0.369 e. The van der Waals surface area contributed by atoms with E-state index in [1.807, 2.05) is 19.1 Å². The number of nitrogens with two attached hydrogens (primary N) is 2. The Labute approximate surface area is 174 Å². The molecule has 156 valence electrons. The summed E-state index contributed by atoms with van der Waals surface area (Å²) in [5.74, 6) is 0.184. The number of ketones is 1. The van der Waals surface area contributed by atoms with E-state index < -0.39 is 0 Å². The maximum atomic E-state index is 12.9. The molecule has 2 unspecified atom stereocenters. The van der Waals surface area contributed by atoms with Crippen molar-refractivity contribution in [2.75, 3.05) is 12.3 Å². The first-order valence-corrected chi connectivity index (χ1v) is 10.2. The van der Waals surface area contributed by atoms with Crippen LogP contribution in [0.3, 0.4) is 0 Å². The first-order chi connectivity index (χ1) is 14.5. The van der Waals surface area contributed by atoms with E-state index in [1.54, 1.807) is 6.20 Å². The van der Waals surface area contributed by atoms with E-state index in [0.29, 0.717) is 34.6 Å². The molecule has 0 saturated heterocycles. The topological polar surface area (TPSA) is 185 Å². The summed E-state index contributed by atoms with van der Waals surface area (Å²) in [6.45, 7) is 2.22. The lowest BCUT2D eigenvalue weighted by Gasteiger charge is -2.11. The number of nitrogens with zero attached hydrogens (tertiary/aromatic N) is 4. The monoisotopic (exact) mass is 427 g/mol. The van der Waals surface area contributed by atoms with Gasteiger partial charge >= 0.3 is 0 Å². The number of tetrazole rings is 1. The summed E-state index contributed by atoms with van der Waals surface area (Å²) in [7, 11) is 0. The largest absolute Gasteiger partial charge is 0.369 e. The smallest absolute Gasteiger partial charge is 0.262 e. The highest BCUT2D eigenvalue weighted by molar-refractivity contribution is 7.14. The summed E-state index contributed by atoms with van der Waals surface area (Å²) in [5, 5.41) is 14.2. The van der Waals surface area contributed by atoms with Crippen molar-refractivity contribution in [2.45, 2.75) is 25.7 Å². The maximum absolute atomic E-state index is 12.9. The summed E-state index contributed by atoms with van der Waals surface area (Å²) >= 11 is 1.41. The predicted octanol–water partition coefficient (Wildman–Crippen LogP) is 0.950. The Bertz CT molecular complexity index is 1220. The number of Topliss-reactive ketones (excluding diaryl/α,β-unsaturated/α-hetero) is 1. The van der Waals surface area contributed by atoms with E-state index in [4.69, 9.17) is 11.5 Å². The average Bonchev–Trinajstić information content (AvgIpc) is 3.48. The first kappa shape index (κ1) is 19.9. The van der Waals surface area contributed by atoms with Gasteiger partial charge in [-0.15, -0.1) is 21.5 Å². The number of H-pyrrole nitrogens is 3. The number of nitrogen functional groups attached to an aromatic ring is 1. The van der Waals surface area contributed by atoms with Crippen LogP contribution >= 0.6 is 11.3 Å². The van der Waals surface area contributed by atoms with Crippen LogP contribution in [0.2, 0.25) is 0 Å². The Morgan fingerprint density at radius 1 is 1.33 bits per heavy atom. The van der Waals surface area contributed by atoms with Crippen molar-refractivity contribution in [1.29, 1.82) is 0 Å². The Kier molecular flexibility index (Phi) is 5.42. The average molecular weight is 427 g/mol. The molecule has 0 aliphatic rings. The zero-order valence-corrected chi connectivity index (χ0v) is 17.0. The highest BCUT2D eigenvalue weighted by Gasteiger charge is 2.23. The summed E-state index contributed by atoms with van der Waals surface area (Å²) in [6, 6.07) is 3.72. The molecule has 30 heavy (non-hydrogen) atoms. The van der Waals surface area contributed by atoms with E-state index in [2.05, 4.69) is 35.6 Å². The maximum Gasteiger partial charge on any atom is 0.262 e. The van der Waals surface area contributed by atoms with Gasteiger partial charge in [-0.2, -0.15) is 10.2 Å². The second-order valence-electron chi connectivity index (χ2n) is 7.01. The summed E-state index contributed by atoms with van der Waals surface area (Å²) in [5.41, 5.74) is 12.4. The number of aromatic nitrogens is 7. The molecule has 0 saturated carbocycles.